The van der Waals surface area contributed by atoms with Crippen LogP contribution in [0.3, 0.4) is 0 Å². The number of hydrogen-bond acceptors (Lipinski definition) is 4. The highest BCUT2D eigenvalue weighted by molar-refractivity contribution is 5.95. The number of rotatable bonds is 3. The van der Waals surface area contributed by atoms with E-state index in [0.717, 1.165) is 5.56 Å². The molecule has 1 aliphatic rings. The van der Waals surface area contributed by atoms with Crippen molar-refractivity contribution in [3.05, 3.63) is 33.9 Å². The first kappa shape index (κ1) is 11.5. The molecule has 0 bridgehead atoms. The van der Waals surface area contributed by atoms with Gasteiger partial charge in [0, 0.05) is 19.2 Å². The van der Waals surface area contributed by atoms with Crippen LogP contribution < -0.4 is 10.6 Å². The third-order valence-corrected chi connectivity index (χ3v) is 2.76. The first-order valence-corrected chi connectivity index (χ1v) is 5.34. The molecule has 1 aromatic rings. The zero-order chi connectivity index (χ0) is 12.4. The smallest absolute Gasteiger partial charge is 0.292 e. The number of nitro groups is 1. The average Bonchev–Trinajstić information content (AvgIpc) is 2.13. The van der Waals surface area contributed by atoms with Crippen molar-refractivity contribution in [2.75, 3.05) is 18.4 Å². The molecule has 0 atom stereocenters. The van der Waals surface area contributed by atoms with Crippen molar-refractivity contribution < 1.29 is 9.72 Å². The first-order chi connectivity index (χ1) is 8.08. The topological polar surface area (TPSA) is 84.3 Å². The number of nitrogens with one attached hydrogen (secondary N) is 2. The predicted octanol–water partition coefficient (Wildman–Crippen LogP) is 1.06. The molecule has 6 heteroatoms. The van der Waals surface area contributed by atoms with E-state index >= 15 is 0 Å². The number of nitro benzene ring substituents is 1. The van der Waals surface area contributed by atoms with Crippen LogP contribution in [0.1, 0.15) is 5.56 Å². The average molecular weight is 235 g/mol. The van der Waals surface area contributed by atoms with Crippen molar-refractivity contribution in [2.45, 2.75) is 6.92 Å². The summed E-state index contributed by atoms with van der Waals surface area (Å²) in [4.78, 5) is 22.0. The van der Waals surface area contributed by atoms with Gasteiger partial charge in [-0.05, 0) is 18.6 Å². The second-order valence-electron chi connectivity index (χ2n) is 4.12. The van der Waals surface area contributed by atoms with Crippen LogP contribution in [0.15, 0.2) is 18.2 Å². The van der Waals surface area contributed by atoms with Crippen LogP contribution in [0.4, 0.5) is 11.4 Å². The van der Waals surface area contributed by atoms with Gasteiger partial charge < -0.3 is 10.6 Å². The van der Waals surface area contributed by atoms with Crippen LogP contribution in [-0.4, -0.2) is 23.9 Å². The number of anilines is 1. The van der Waals surface area contributed by atoms with Gasteiger partial charge in [0.05, 0.1) is 10.8 Å². The van der Waals surface area contributed by atoms with E-state index in [1.165, 1.54) is 6.07 Å². The van der Waals surface area contributed by atoms with Crippen LogP contribution >= 0.6 is 0 Å². The molecule has 1 aliphatic heterocycles. The molecule has 0 aromatic heterocycles. The minimum Gasteiger partial charge on any atom is -0.320 e. The lowest BCUT2D eigenvalue weighted by atomic mass is 10.0. The lowest BCUT2D eigenvalue weighted by Gasteiger charge is -2.25. The number of carbonyl (C=O) groups excluding carboxylic acids is 1. The minimum atomic E-state index is -0.492. The third kappa shape index (κ3) is 2.42. The Kier molecular flexibility index (Phi) is 3.06. The van der Waals surface area contributed by atoms with Crippen molar-refractivity contribution in [2.24, 2.45) is 5.92 Å². The van der Waals surface area contributed by atoms with Crippen molar-refractivity contribution in [3.63, 3.8) is 0 Å². The van der Waals surface area contributed by atoms with Crippen LogP contribution in [-0.2, 0) is 4.79 Å². The third-order valence-electron chi connectivity index (χ3n) is 2.76. The van der Waals surface area contributed by atoms with Gasteiger partial charge in [0.15, 0.2) is 0 Å². The molecule has 0 unspecified atom stereocenters. The quantitative estimate of drug-likeness (QED) is 0.606. The Balaban J connectivity index is 2.20. The van der Waals surface area contributed by atoms with E-state index in [1.54, 1.807) is 12.1 Å². The van der Waals surface area contributed by atoms with Crippen molar-refractivity contribution in [1.29, 1.82) is 0 Å². The summed E-state index contributed by atoms with van der Waals surface area (Å²) in [6.07, 6.45) is 0. The van der Waals surface area contributed by atoms with E-state index in [1.807, 2.05) is 6.92 Å². The second-order valence-corrected chi connectivity index (χ2v) is 4.12. The molecule has 1 amide bonds. The molecule has 1 aromatic carbocycles. The minimum absolute atomic E-state index is 0.0729. The van der Waals surface area contributed by atoms with Gasteiger partial charge >= 0.3 is 0 Å². The molecular formula is C11H13N3O3. The Hall–Kier alpha value is -1.95. The highest BCUT2D eigenvalue weighted by Gasteiger charge is 2.26. The van der Waals surface area contributed by atoms with E-state index < -0.39 is 4.92 Å². The van der Waals surface area contributed by atoms with Gasteiger partial charge in [0.2, 0.25) is 5.91 Å². The molecule has 90 valence electrons. The van der Waals surface area contributed by atoms with Crippen LogP contribution in [0.5, 0.6) is 0 Å². The summed E-state index contributed by atoms with van der Waals surface area (Å²) in [6.45, 7) is 3.08. The fourth-order valence-electron chi connectivity index (χ4n) is 1.62. The lowest BCUT2D eigenvalue weighted by molar-refractivity contribution is -0.383. The van der Waals surface area contributed by atoms with Gasteiger partial charge in [-0.15, -0.1) is 0 Å². The summed E-state index contributed by atoms with van der Waals surface area (Å²) in [5, 5.41) is 16.4. The number of benzene rings is 1. The molecule has 6 nitrogen and oxygen atoms in total. The van der Waals surface area contributed by atoms with Gasteiger partial charge in [0.25, 0.3) is 5.69 Å². The summed E-state index contributed by atoms with van der Waals surface area (Å²) < 4.78 is 0. The van der Waals surface area contributed by atoms with E-state index in [0.29, 0.717) is 13.1 Å². The predicted molar refractivity (Wildman–Crippen MR) is 62.8 cm³/mol. The maximum absolute atomic E-state index is 11.7. The Labute approximate surface area is 98.2 Å². The van der Waals surface area contributed by atoms with E-state index in [4.69, 9.17) is 0 Å². The van der Waals surface area contributed by atoms with Gasteiger partial charge in [-0.25, -0.2) is 0 Å². The highest BCUT2D eigenvalue weighted by atomic mass is 16.6. The molecule has 1 fully saturated rings. The molecule has 1 heterocycles. The molecule has 0 spiro atoms. The fourth-order valence-corrected chi connectivity index (χ4v) is 1.62. The Morgan fingerprint density at radius 3 is 2.76 bits per heavy atom. The number of aryl methyl sites for hydroxylation is 1. The van der Waals surface area contributed by atoms with Crippen molar-refractivity contribution >= 4 is 17.3 Å². The Morgan fingerprint density at radius 1 is 1.53 bits per heavy atom. The molecule has 2 rings (SSSR count). The van der Waals surface area contributed by atoms with E-state index in [9.17, 15) is 14.9 Å². The number of hydrogen-bond donors (Lipinski definition) is 2. The van der Waals surface area contributed by atoms with Gasteiger partial charge in [0.1, 0.15) is 5.69 Å². The maximum Gasteiger partial charge on any atom is 0.292 e. The molecule has 0 saturated carbocycles. The van der Waals surface area contributed by atoms with Crippen LogP contribution in [0, 0.1) is 23.0 Å². The second kappa shape index (κ2) is 4.50. The van der Waals surface area contributed by atoms with Gasteiger partial charge in [-0.3, -0.25) is 14.9 Å². The fraction of sp³-hybridized carbons (Fsp3) is 0.364. The Morgan fingerprint density at radius 2 is 2.24 bits per heavy atom. The highest BCUT2D eigenvalue weighted by Crippen LogP contribution is 2.25. The molecule has 1 saturated heterocycles. The number of amides is 1. The number of carbonyl (C=O) groups is 1. The summed E-state index contributed by atoms with van der Waals surface area (Å²) in [7, 11) is 0. The summed E-state index contributed by atoms with van der Waals surface area (Å²) >= 11 is 0. The molecule has 0 aliphatic carbocycles. The molecule has 17 heavy (non-hydrogen) atoms. The summed E-state index contributed by atoms with van der Waals surface area (Å²) in [5.74, 6) is -0.257. The molecule has 2 N–H and O–H groups in total. The normalized spacial score (nSPS) is 15.1. The van der Waals surface area contributed by atoms with E-state index in [-0.39, 0.29) is 23.2 Å². The first-order valence-electron chi connectivity index (χ1n) is 5.34. The maximum atomic E-state index is 11.7. The molecule has 0 radical (unpaired) electrons. The molecular weight excluding hydrogens is 222 g/mol. The summed E-state index contributed by atoms with van der Waals surface area (Å²) in [5.41, 5.74) is 1.07. The van der Waals surface area contributed by atoms with Crippen LogP contribution in [0.25, 0.3) is 0 Å². The largest absolute Gasteiger partial charge is 0.320 e. The van der Waals surface area contributed by atoms with Gasteiger partial charge in [-0.2, -0.15) is 0 Å². The lowest BCUT2D eigenvalue weighted by Crippen LogP contribution is -2.48. The zero-order valence-corrected chi connectivity index (χ0v) is 9.40. The standard InChI is InChI=1S/C11H13N3O3/c1-7-2-3-10(14(16)17)9(4-7)13-11(15)8-5-12-6-8/h2-4,8,12H,5-6H2,1H3,(H,13,15). The van der Waals surface area contributed by atoms with Crippen molar-refractivity contribution in [3.8, 4) is 0 Å². The van der Waals surface area contributed by atoms with E-state index in [2.05, 4.69) is 10.6 Å². The monoisotopic (exact) mass is 235 g/mol. The summed E-state index contributed by atoms with van der Waals surface area (Å²) in [6, 6.07) is 4.67. The number of nitrogens with zero attached hydrogens (tertiary/aromatic N) is 1. The van der Waals surface area contributed by atoms with Gasteiger partial charge in [-0.1, -0.05) is 6.07 Å². The SMILES string of the molecule is Cc1ccc([N+](=O)[O-])c(NC(=O)C2CNC2)c1. The van der Waals surface area contributed by atoms with Crippen LogP contribution in [0.2, 0.25) is 0 Å². The Bertz CT molecular complexity index is 469. The van der Waals surface area contributed by atoms with Crippen molar-refractivity contribution in [1.82, 2.24) is 5.32 Å². The zero-order valence-electron chi connectivity index (χ0n) is 9.40.